The Morgan fingerprint density at radius 3 is 2.75 bits per heavy atom. The number of carbonyl (C=O) groups excluding carboxylic acids is 1. The lowest BCUT2D eigenvalue weighted by Crippen LogP contribution is -2.42. The van der Waals surface area contributed by atoms with Crippen molar-refractivity contribution in [2.24, 2.45) is 0 Å². The van der Waals surface area contributed by atoms with E-state index in [1.807, 2.05) is 0 Å². The summed E-state index contributed by atoms with van der Waals surface area (Å²) in [5, 5.41) is 2.49. The lowest BCUT2D eigenvalue weighted by Gasteiger charge is -2.28. The quantitative estimate of drug-likeness (QED) is 0.818. The third kappa shape index (κ3) is 2.66. The SMILES string of the molecule is CNC(=O)C1CCCN1c1ccc(N)cc1C(F)(F)F. The second-order valence-electron chi connectivity index (χ2n) is 4.74. The fraction of sp³-hybridized carbons (Fsp3) is 0.462. The van der Waals surface area contributed by atoms with Crippen molar-refractivity contribution in [1.82, 2.24) is 5.32 Å². The van der Waals surface area contributed by atoms with Crippen LogP contribution < -0.4 is 16.0 Å². The molecule has 110 valence electrons. The molecule has 0 aromatic heterocycles. The van der Waals surface area contributed by atoms with Crippen molar-refractivity contribution in [2.75, 3.05) is 24.2 Å². The predicted molar refractivity (Wildman–Crippen MR) is 70.3 cm³/mol. The molecule has 1 atom stereocenters. The molecule has 1 aromatic rings. The van der Waals surface area contributed by atoms with Crippen LogP contribution >= 0.6 is 0 Å². The number of likely N-dealkylation sites (N-methyl/N-ethyl adjacent to an activating group) is 1. The lowest BCUT2D eigenvalue weighted by atomic mass is 10.1. The molecule has 4 nitrogen and oxygen atoms in total. The molecule has 1 saturated heterocycles. The monoisotopic (exact) mass is 287 g/mol. The van der Waals surface area contributed by atoms with E-state index in [-0.39, 0.29) is 17.3 Å². The van der Waals surface area contributed by atoms with Crippen LogP contribution in [0.1, 0.15) is 18.4 Å². The predicted octanol–water partition coefficient (Wildman–Crippen LogP) is 2.00. The first-order valence-electron chi connectivity index (χ1n) is 6.29. The number of hydrogen-bond donors (Lipinski definition) is 2. The normalized spacial score (nSPS) is 19.2. The molecule has 1 heterocycles. The van der Waals surface area contributed by atoms with Crippen LogP contribution in [0.25, 0.3) is 0 Å². The van der Waals surface area contributed by atoms with Crippen molar-refractivity contribution >= 4 is 17.3 Å². The Labute approximate surface area is 114 Å². The summed E-state index contributed by atoms with van der Waals surface area (Å²) in [5.74, 6) is -0.271. The number of halogens is 3. The Balaban J connectivity index is 2.44. The highest BCUT2D eigenvalue weighted by molar-refractivity contribution is 5.86. The van der Waals surface area contributed by atoms with Crippen molar-refractivity contribution in [3.8, 4) is 0 Å². The summed E-state index contributed by atoms with van der Waals surface area (Å²) >= 11 is 0. The van der Waals surface area contributed by atoms with Gasteiger partial charge in [-0.15, -0.1) is 0 Å². The summed E-state index contributed by atoms with van der Waals surface area (Å²) < 4.78 is 39.3. The van der Waals surface area contributed by atoms with Crippen molar-refractivity contribution in [3.63, 3.8) is 0 Å². The van der Waals surface area contributed by atoms with Gasteiger partial charge in [0.25, 0.3) is 0 Å². The Bertz CT molecular complexity index is 516. The number of carbonyl (C=O) groups is 1. The molecule has 0 aliphatic carbocycles. The summed E-state index contributed by atoms with van der Waals surface area (Å²) in [6.07, 6.45) is -3.28. The smallest absolute Gasteiger partial charge is 0.399 e. The maximum absolute atomic E-state index is 13.1. The molecule has 1 aliphatic rings. The Morgan fingerprint density at radius 2 is 2.15 bits per heavy atom. The zero-order valence-electron chi connectivity index (χ0n) is 11.0. The first-order valence-corrected chi connectivity index (χ1v) is 6.29. The number of nitrogens with zero attached hydrogens (tertiary/aromatic N) is 1. The molecule has 1 aromatic carbocycles. The third-order valence-electron chi connectivity index (χ3n) is 3.44. The van der Waals surface area contributed by atoms with Crippen molar-refractivity contribution in [2.45, 2.75) is 25.1 Å². The molecular formula is C13H16F3N3O. The molecule has 0 spiro atoms. The molecule has 0 saturated carbocycles. The summed E-state index contributed by atoms with van der Waals surface area (Å²) in [6.45, 7) is 0.422. The van der Waals surface area contributed by atoms with Gasteiger partial charge < -0.3 is 16.0 Å². The summed E-state index contributed by atoms with van der Waals surface area (Å²) in [5.41, 5.74) is 4.71. The van der Waals surface area contributed by atoms with Gasteiger partial charge in [-0.05, 0) is 31.0 Å². The van der Waals surface area contributed by atoms with Crippen LogP contribution in [-0.2, 0) is 11.0 Å². The van der Waals surface area contributed by atoms with Crippen LogP contribution in [0.15, 0.2) is 18.2 Å². The minimum Gasteiger partial charge on any atom is -0.399 e. The minimum absolute atomic E-state index is 0.0119. The van der Waals surface area contributed by atoms with E-state index in [1.165, 1.54) is 24.1 Å². The molecule has 1 unspecified atom stereocenters. The first-order chi connectivity index (χ1) is 9.34. The molecule has 1 fully saturated rings. The van der Waals surface area contributed by atoms with Gasteiger partial charge in [0.05, 0.1) is 5.56 Å². The number of rotatable bonds is 2. The number of alkyl halides is 3. The average Bonchev–Trinajstić information content (AvgIpc) is 2.85. The summed E-state index contributed by atoms with van der Waals surface area (Å²) in [6, 6.07) is 3.10. The van der Waals surface area contributed by atoms with E-state index in [1.54, 1.807) is 0 Å². The third-order valence-corrected chi connectivity index (χ3v) is 3.44. The first kappa shape index (κ1) is 14.5. The Hall–Kier alpha value is -1.92. The molecule has 3 N–H and O–H groups in total. The second-order valence-corrected chi connectivity index (χ2v) is 4.74. The number of nitrogen functional groups attached to an aromatic ring is 1. The molecule has 0 radical (unpaired) electrons. The number of anilines is 2. The van der Waals surface area contributed by atoms with Gasteiger partial charge >= 0.3 is 6.18 Å². The Morgan fingerprint density at radius 1 is 1.45 bits per heavy atom. The van der Waals surface area contributed by atoms with E-state index >= 15 is 0 Å². The lowest BCUT2D eigenvalue weighted by molar-refractivity contribution is -0.137. The van der Waals surface area contributed by atoms with Gasteiger partial charge in [0.15, 0.2) is 0 Å². The zero-order valence-corrected chi connectivity index (χ0v) is 11.0. The van der Waals surface area contributed by atoms with Gasteiger partial charge in [-0.25, -0.2) is 0 Å². The van der Waals surface area contributed by atoms with Gasteiger partial charge in [-0.3, -0.25) is 4.79 Å². The van der Waals surface area contributed by atoms with E-state index in [0.717, 1.165) is 6.07 Å². The van der Waals surface area contributed by atoms with Crippen molar-refractivity contribution < 1.29 is 18.0 Å². The van der Waals surface area contributed by atoms with E-state index < -0.39 is 17.8 Å². The van der Waals surface area contributed by atoms with E-state index in [4.69, 9.17) is 5.73 Å². The zero-order chi connectivity index (χ0) is 14.9. The number of hydrogen-bond acceptors (Lipinski definition) is 3. The average molecular weight is 287 g/mol. The summed E-state index contributed by atoms with van der Waals surface area (Å²) in [7, 11) is 1.48. The molecule has 2 rings (SSSR count). The highest BCUT2D eigenvalue weighted by Gasteiger charge is 2.39. The maximum Gasteiger partial charge on any atom is 0.418 e. The molecular weight excluding hydrogens is 271 g/mol. The van der Waals surface area contributed by atoms with Crippen LogP contribution in [0.4, 0.5) is 24.5 Å². The van der Waals surface area contributed by atoms with Gasteiger partial charge in [-0.2, -0.15) is 13.2 Å². The molecule has 7 heteroatoms. The number of nitrogens with two attached hydrogens (primary N) is 1. The maximum atomic E-state index is 13.1. The number of amides is 1. The highest BCUT2D eigenvalue weighted by atomic mass is 19.4. The van der Waals surface area contributed by atoms with Gasteiger partial charge in [0.2, 0.25) is 5.91 Å². The number of benzene rings is 1. The van der Waals surface area contributed by atoms with Gasteiger partial charge in [-0.1, -0.05) is 0 Å². The Kier molecular flexibility index (Phi) is 3.78. The largest absolute Gasteiger partial charge is 0.418 e. The fourth-order valence-corrected chi connectivity index (χ4v) is 2.53. The summed E-state index contributed by atoms with van der Waals surface area (Å²) in [4.78, 5) is 13.3. The highest BCUT2D eigenvalue weighted by Crippen LogP contribution is 2.40. The molecule has 1 aliphatic heterocycles. The van der Waals surface area contributed by atoms with Crippen molar-refractivity contribution in [3.05, 3.63) is 23.8 Å². The van der Waals surface area contributed by atoms with Crippen molar-refractivity contribution in [1.29, 1.82) is 0 Å². The van der Waals surface area contributed by atoms with Crippen LogP contribution in [0.5, 0.6) is 0 Å². The van der Waals surface area contributed by atoms with Crippen LogP contribution in [0.3, 0.4) is 0 Å². The second kappa shape index (κ2) is 5.22. The molecule has 1 amide bonds. The van der Waals surface area contributed by atoms with Crippen LogP contribution in [-0.4, -0.2) is 25.5 Å². The standard InChI is InChI=1S/C13H16F3N3O/c1-18-12(20)11-3-2-6-19(11)10-5-4-8(17)7-9(10)13(14,15)16/h4-5,7,11H,2-3,6,17H2,1H3,(H,18,20). The fourth-order valence-electron chi connectivity index (χ4n) is 2.53. The topological polar surface area (TPSA) is 58.4 Å². The number of nitrogens with one attached hydrogen (secondary N) is 1. The minimum atomic E-state index is -4.50. The van der Waals surface area contributed by atoms with E-state index in [9.17, 15) is 18.0 Å². The van der Waals surface area contributed by atoms with Crippen LogP contribution in [0, 0.1) is 0 Å². The van der Waals surface area contributed by atoms with Crippen LogP contribution in [0.2, 0.25) is 0 Å². The molecule has 20 heavy (non-hydrogen) atoms. The van der Waals surface area contributed by atoms with E-state index in [0.29, 0.717) is 19.4 Å². The van der Waals surface area contributed by atoms with Gasteiger partial charge in [0.1, 0.15) is 6.04 Å². The van der Waals surface area contributed by atoms with E-state index in [2.05, 4.69) is 5.32 Å². The van der Waals surface area contributed by atoms with Gasteiger partial charge in [0, 0.05) is 25.0 Å². The molecule has 0 bridgehead atoms.